The zero-order valence-electron chi connectivity index (χ0n) is 12.4. The maximum absolute atomic E-state index is 13.4. The summed E-state index contributed by atoms with van der Waals surface area (Å²) in [6, 6.07) is 3.93. The van der Waals surface area contributed by atoms with E-state index >= 15 is 0 Å². The Morgan fingerprint density at radius 1 is 1.46 bits per heavy atom. The number of sulfonamides is 1. The Bertz CT molecular complexity index is 1040. The Morgan fingerprint density at radius 3 is 2.92 bits per heavy atom. The zero-order chi connectivity index (χ0) is 17.5. The SMILES string of the molecule is Cn1ncc(CNS(=O)(=O)c2csc3ccc(F)cc23)c1C(=O)O. The number of carboxylic acids is 1. The van der Waals surface area contributed by atoms with Crippen LogP contribution in [0.15, 0.2) is 34.7 Å². The molecule has 24 heavy (non-hydrogen) atoms. The maximum atomic E-state index is 13.4. The van der Waals surface area contributed by atoms with Crippen LogP contribution in [-0.2, 0) is 23.6 Å². The number of carboxylic acid groups (broad SMARTS) is 1. The average Bonchev–Trinajstić information content (AvgIpc) is 3.08. The Morgan fingerprint density at radius 2 is 2.21 bits per heavy atom. The molecule has 2 heterocycles. The summed E-state index contributed by atoms with van der Waals surface area (Å²) in [6.45, 7) is -0.232. The Labute approximate surface area is 140 Å². The molecule has 7 nitrogen and oxygen atoms in total. The number of aryl methyl sites for hydroxylation is 1. The Balaban J connectivity index is 1.92. The van der Waals surface area contributed by atoms with E-state index in [-0.39, 0.29) is 28.1 Å². The summed E-state index contributed by atoms with van der Waals surface area (Å²) in [6.07, 6.45) is 1.29. The highest BCUT2D eigenvalue weighted by molar-refractivity contribution is 7.89. The summed E-state index contributed by atoms with van der Waals surface area (Å²) < 4.78 is 42.5. The number of halogens is 1. The summed E-state index contributed by atoms with van der Waals surface area (Å²) >= 11 is 1.19. The summed E-state index contributed by atoms with van der Waals surface area (Å²) in [5.74, 6) is -1.73. The first-order chi connectivity index (χ1) is 11.3. The lowest BCUT2D eigenvalue weighted by molar-refractivity contribution is 0.0683. The predicted molar refractivity (Wildman–Crippen MR) is 86.0 cm³/mol. The number of aromatic carboxylic acids is 1. The van der Waals surface area contributed by atoms with Crippen LogP contribution in [0.25, 0.3) is 10.1 Å². The summed E-state index contributed by atoms with van der Waals surface area (Å²) in [5.41, 5.74) is 0.137. The molecule has 0 atom stereocenters. The van der Waals surface area contributed by atoms with E-state index in [9.17, 15) is 17.6 Å². The normalized spacial score (nSPS) is 11.9. The van der Waals surface area contributed by atoms with Crippen LogP contribution in [0.5, 0.6) is 0 Å². The van der Waals surface area contributed by atoms with Crippen LogP contribution in [0.4, 0.5) is 4.39 Å². The van der Waals surface area contributed by atoms with Crippen LogP contribution in [0.3, 0.4) is 0 Å². The third-order valence-corrected chi connectivity index (χ3v) is 6.01. The maximum Gasteiger partial charge on any atom is 0.354 e. The van der Waals surface area contributed by atoms with Crippen LogP contribution in [0.2, 0.25) is 0 Å². The molecule has 0 bridgehead atoms. The van der Waals surface area contributed by atoms with Gasteiger partial charge in [-0.2, -0.15) is 5.10 Å². The molecule has 0 aliphatic rings. The largest absolute Gasteiger partial charge is 0.477 e. The molecule has 0 aliphatic heterocycles. The van der Waals surface area contributed by atoms with Crippen molar-refractivity contribution >= 4 is 37.4 Å². The fourth-order valence-electron chi connectivity index (χ4n) is 2.32. The molecule has 0 radical (unpaired) electrons. The number of thiophene rings is 1. The van der Waals surface area contributed by atoms with Gasteiger partial charge in [0.15, 0.2) is 5.69 Å². The summed E-state index contributed by atoms with van der Waals surface area (Å²) in [5, 5.41) is 14.7. The Kier molecular flexibility index (Phi) is 4.11. The fraction of sp³-hybridized carbons (Fsp3) is 0.143. The third kappa shape index (κ3) is 2.90. The zero-order valence-corrected chi connectivity index (χ0v) is 14.0. The molecule has 2 N–H and O–H groups in total. The molecule has 0 amide bonds. The van der Waals surface area contributed by atoms with E-state index in [2.05, 4.69) is 9.82 Å². The van der Waals surface area contributed by atoms with E-state index in [0.717, 1.165) is 10.7 Å². The molecule has 0 unspecified atom stereocenters. The fourth-order valence-corrected chi connectivity index (χ4v) is 4.80. The highest BCUT2D eigenvalue weighted by Crippen LogP contribution is 2.30. The van der Waals surface area contributed by atoms with Crippen LogP contribution < -0.4 is 4.72 Å². The third-order valence-electron chi connectivity index (χ3n) is 3.46. The lowest BCUT2D eigenvalue weighted by Crippen LogP contribution is -2.24. The van der Waals surface area contributed by atoms with Crippen molar-refractivity contribution in [3.8, 4) is 0 Å². The van der Waals surface area contributed by atoms with Crippen molar-refractivity contribution in [3.05, 3.63) is 46.9 Å². The smallest absolute Gasteiger partial charge is 0.354 e. The van der Waals surface area contributed by atoms with Gasteiger partial charge in [0.25, 0.3) is 0 Å². The van der Waals surface area contributed by atoms with Gasteiger partial charge in [-0.3, -0.25) is 4.68 Å². The number of nitrogens with zero attached hydrogens (tertiary/aromatic N) is 2. The second kappa shape index (κ2) is 5.96. The molecule has 10 heteroatoms. The predicted octanol–water partition coefficient (Wildman–Crippen LogP) is 1.95. The van der Waals surface area contributed by atoms with E-state index < -0.39 is 21.8 Å². The molecule has 3 aromatic rings. The second-order valence-corrected chi connectivity index (χ2v) is 7.66. The first-order valence-corrected chi connectivity index (χ1v) is 9.06. The van der Waals surface area contributed by atoms with Gasteiger partial charge in [-0.25, -0.2) is 22.3 Å². The number of carbonyl (C=O) groups is 1. The van der Waals surface area contributed by atoms with Gasteiger partial charge in [0, 0.05) is 34.6 Å². The topological polar surface area (TPSA) is 101 Å². The standard InChI is InChI=1S/C14H12FN3O4S2/c1-18-13(14(19)20)8(5-16-18)6-17-24(21,22)12-7-23-11-3-2-9(15)4-10(11)12/h2-5,7,17H,6H2,1H3,(H,19,20). The van der Waals surface area contributed by atoms with E-state index in [1.54, 1.807) is 0 Å². The van der Waals surface area contributed by atoms with Crippen molar-refractivity contribution in [3.63, 3.8) is 0 Å². The van der Waals surface area contributed by atoms with Crippen molar-refractivity contribution in [1.29, 1.82) is 0 Å². The van der Waals surface area contributed by atoms with E-state index in [4.69, 9.17) is 5.11 Å². The molecule has 1 aromatic carbocycles. The molecule has 2 aromatic heterocycles. The van der Waals surface area contributed by atoms with Gasteiger partial charge in [-0.05, 0) is 18.2 Å². The lowest BCUT2D eigenvalue weighted by Gasteiger charge is -2.06. The van der Waals surface area contributed by atoms with Gasteiger partial charge >= 0.3 is 5.97 Å². The van der Waals surface area contributed by atoms with Gasteiger partial charge in [0.1, 0.15) is 10.7 Å². The minimum atomic E-state index is -3.93. The first-order valence-electron chi connectivity index (χ1n) is 6.70. The highest BCUT2D eigenvalue weighted by atomic mass is 32.2. The van der Waals surface area contributed by atoms with Gasteiger partial charge < -0.3 is 5.11 Å². The number of nitrogens with one attached hydrogen (secondary N) is 1. The minimum absolute atomic E-state index is 0.0391. The van der Waals surface area contributed by atoms with Gasteiger partial charge in [0.05, 0.1) is 6.20 Å². The molecular weight excluding hydrogens is 357 g/mol. The first kappa shape index (κ1) is 16.6. The average molecular weight is 369 g/mol. The van der Waals surface area contributed by atoms with Crippen molar-refractivity contribution in [2.24, 2.45) is 7.05 Å². The number of rotatable bonds is 5. The number of fused-ring (bicyclic) bond motifs is 1. The van der Waals surface area contributed by atoms with Crippen LogP contribution in [0, 0.1) is 5.82 Å². The molecular formula is C14H12FN3O4S2. The lowest BCUT2D eigenvalue weighted by atomic mass is 10.2. The number of hydrogen-bond acceptors (Lipinski definition) is 5. The van der Waals surface area contributed by atoms with E-state index in [1.807, 2.05) is 0 Å². The van der Waals surface area contributed by atoms with Crippen molar-refractivity contribution in [2.45, 2.75) is 11.4 Å². The molecule has 0 aliphatic carbocycles. The van der Waals surface area contributed by atoms with Gasteiger partial charge in [-0.15, -0.1) is 11.3 Å². The molecule has 3 rings (SSSR count). The van der Waals surface area contributed by atoms with Crippen LogP contribution >= 0.6 is 11.3 Å². The number of aromatic nitrogens is 2. The second-order valence-electron chi connectivity index (χ2n) is 5.01. The Hall–Kier alpha value is -2.30. The number of hydrogen-bond donors (Lipinski definition) is 2. The quantitative estimate of drug-likeness (QED) is 0.716. The minimum Gasteiger partial charge on any atom is -0.477 e. The van der Waals surface area contributed by atoms with Crippen molar-refractivity contribution < 1.29 is 22.7 Å². The number of benzene rings is 1. The van der Waals surface area contributed by atoms with Gasteiger partial charge in [-0.1, -0.05) is 0 Å². The van der Waals surface area contributed by atoms with Crippen molar-refractivity contribution in [1.82, 2.24) is 14.5 Å². The van der Waals surface area contributed by atoms with E-state index in [1.165, 1.54) is 42.1 Å². The van der Waals surface area contributed by atoms with Gasteiger partial charge in [0.2, 0.25) is 10.0 Å². The summed E-state index contributed by atoms with van der Waals surface area (Å²) in [7, 11) is -2.47. The summed E-state index contributed by atoms with van der Waals surface area (Å²) in [4.78, 5) is 11.2. The molecule has 0 saturated carbocycles. The monoisotopic (exact) mass is 369 g/mol. The highest BCUT2D eigenvalue weighted by Gasteiger charge is 2.22. The van der Waals surface area contributed by atoms with Crippen LogP contribution in [0.1, 0.15) is 16.1 Å². The van der Waals surface area contributed by atoms with E-state index in [0.29, 0.717) is 4.70 Å². The molecule has 0 fully saturated rings. The molecule has 0 saturated heterocycles. The molecule has 0 spiro atoms. The molecule has 126 valence electrons. The van der Waals surface area contributed by atoms with Crippen LogP contribution in [-0.4, -0.2) is 29.3 Å². The van der Waals surface area contributed by atoms with Crippen molar-refractivity contribution in [2.75, 3.05) is 0 Å².